The number of thiazole rings is 1. The molecule has 0 aliphatic carbocycles. The van der Waals surface area contributed by atoms with Gasteiger partial charge in [-0.3, -0.25) is 4.79 Å². The summed E-state index contributed by atoms with van der Waals surface area (Å²) in [6.45, 7) is 2.89. The highest BCUT2D eigenvalue weighted by atomic mass is 32.1. The molecule has 0 atom stereocenters. The van der Waals surface area contributed by atoms with Gasteiger partial charge in [-0.2, -0.15) is 0 Å². The van der Waals surface area contributed by atoms with Crippen molar-refractivity contribution < 1.29 is 14.7 Å². The molecule has 0 unspecified atom stereocenters. The second-order valence-corrected chi connectivity index (χ2v) is 5.32. The first-order valence-electron chi connectivity index (χ1n) is 6.21. The standard InChI is InChI=1S/C15H14N2O3S/c1-9(10(2)15(19)20)13(18)17-12-5-3-11(4-6-12)14-16-7-8-21-14/h3-8H,1-2H3,(H,17,18)(H,19,20). The van der Waals surface area contributed by atoms with E-state index in [9.17, 15) is 9.59 Å². The molecule has 1 heterocycles. The lowest BCUT2D eigenvalue weighted by Crippen LogP contribution is -2.16. The van der Waals surface area contributed by atoms with Crippen molar-refractivity contribution in [3.05, 3.63) is 47.0 Å². The number of hydrogen-bond donors (Lipinski definition) is 2. The summed E-state index contributed by atoms with van der Waals surface area (Å²) in [5.41, 5.74) is 1.80. The molecule has 6 heteroatoms. The van der Waals surface area contributed by atoms with Crippen molar-refractivity contribution in [1.29, 1.82) is 0 Å². The minimum Gasteiger partial charge on any atom is -0.478 e. The normalized spacial score (nSPS) is 11.7. The van der Waals surface area contributed by atoms with Gasteiger partial charge in [0.25, 0.3) is 5.91 Å². The van der Waals surface area contributed by atoms with E-state index in [1.54, 1.807) is 18.3 Å². The molecule has 2 rings (SSSR count). The summed E-state index contributed by atoms with van der Waals surface area (Å²) in [4.78, 5) is 27.0. The Bertz CT molecular complexity index is 688. The lowest BCUT2D eigenvalue weighted by atomic mass is 10.1. The number of aliphatic carboxylic acids is 1. The highest BCUT2D eigenvalue weighted by Gasteiger charge is 2.12. The summed E-state index contributed by atoms with van der Waals surface area (Å²) in [6, 6.07) is 7.24. The number of benzene rings is 1. The Labute approximate surface area is 126 Å². The van der Waals surface area contributed by atoms with Crippen molar-refractivity contribution in [2.75, 3.05) is 5.32 Å². The molecule has 5 nitrogen and oxygen atoms in total. The Morgan fingerprint density at radius 2 is 1.81 bits per heavy atom. The number of amides is 1. The molecule has 0 bridgehead atoms. The van der Waals surface area contributed by atoms with Crippen LogP contribution in [0.1, 0.15) is 13.8 Å². The lowest BCUT2D eigenvalue weighted by molar-refractivity contribution is -0.133. The first kappa shape index (κ1) is 14.9. The number of carbonyl (C=O) groups is 2. The molecule has 1 amide bonds. The van der Waals surface area contributed by atoms with E-state index in [1.807, 2.05) is 17.5 Å². The zero-order valence-electron chi connectivity index (χ0n) is 11.6. The number of nitrogens with zero attached hydrogens (tertiary/aromatic N) is 1. The van der Waals surface area contributed by atoms with E-state index in [0.717, 1.165) is 10.6 Å². The van der Waals surface area contributed by atoms with Crippen LogP contribution in [0.5, 0.6) is 0 Å². The van der Waals surface area contributed by atoms with Crippen molar-refractivity contribution in [2.45, 2.75) is 13.8 Å². The molecule has 1 aromatic heterocycles. The van der Waals surface area contributed by atoms with Gasteiger partial charge in [0.15, 0.2) is 0 Å². The van der Waals surface area contributed by atoms with Crippen LogP contribution in [0.4, 0.5) is 5.69 Å². The number of carboxylic acids is 1. The third-order valence-electron chi connectivity index (χ3n) is 3.05. The number of nitrogens with one attached hydrogen (secondary N) is 1. The fourth-order valence-electron chi connectivity index (χ4n) is 1.62. The second-order valence-electron chi connectivity index (χ2n) is 4.42. The third-order valence-corrected chi connectivity index (χ3v) is 3.87. The van der Waals surface area contributed by atoms with Crippen LogP contribution >= 0.6 is 11.3 Å². The van der Waals surface area contributed by atoms with Crippen molar-refractivity contribution in [2.24, 2.45) is 0 Å². The van der Waals surface area contributed by atoms with E-state index in [1.165, 1.54) is 25.2 Å². The van der Waals surface area contributed by atoms with E-state index in [-0.39, 0.29) is 11.1 Å². The van der Waals surface area contributed by atoms with Gasteiger partial charge in [0.05, 0.1) is 0 Å². The van der Waals surface area contributed by atoms with Crippen LogP contribution < -0.4 is 5.32 Å². The van der Waals surface area contributed by atoms with E-state index < -0.39 is 11.9 Å². The maximum atomic E-state index is 11.9. The average Bonchev–Trinajstić information content (AvgIpc) is 3.00. The average molecular weight is 302 g/mol. The molecule has 0 spiro atoms. The highest BCUT2D eigenvalue weighted by Crippen LogP contribution is 2.23. The Balaban J connectivity index is 2.12. The molecular formula is C15H14N2O3S. The molecule has 21 heavy (non-hydrogen) atoms. The van der Waals surface area contributed by atoms with Gasteiger partial charge in [-0.25, -0.2) is 9.78 Å². The zero-order chi connectivity index (χ0) is 15.4. The summed E-state index contributed by atoms with van der Waals surface area (Å²) >= 11 is 1.54. The van der Waals surface area contributed by atoms with Crippen LogP contribution in [0.3, 0.4) is 0 Å². The number of aromatic nitrogens is 1. The minimum atomic E-state index is -1.10. The summed E-state index contributed by atoms with van der Waals surface area (Å²) in [5, 5.41) is 14.3. The minimum absolute atomic E-state index is 0.0342. The Hall–Kier alpha value is -2.47. The van der Waals surface area contributed by atoms with Crippen LogP contribution in [0.15, 0.2) is 47.0 Å². The topological polar surface area (TPSA) is 79.3 Å². The largest absolute Gasteiger partial charge is 0.478 e. The van der Waals surface area contributed by atoms with E-state index in [2.05, 4.69) is 10.3 Å². The molecule has 2 N–H and O–H groups in total. The van der Waals surface area contributed by atoms with Crippen molar-refractivity contribution in [3.8, 4) is 10.6 Å². The molecule has 0 saturated carbocycles. The van der Waals surface area contributed by atoms with Crippen molar-refractivity contribution in [3.63, 3.8) is 0 Å². The predicted molar refractivity (Wildman–Crippen MR) is 82.2 cm³/mol. The highest BCUT2D eigenvalue weighted by molar-refractivity contribution is 7.13. The molecular weight excluding hydrogens is 288 g/mol. The van der Waals surface area contributed by atoms with Crippen LogP contribution in [0.2, 0.25) is 0 Å². The molecule has 0 aliphatic rings. The van der Waals surface area contributed by atoms with E-state index in [4.69, 9.17) is 5.11 Å². The van der Waals surface area contributed by atoms with E-state index >= 15 is 0 Å². The monoisotopic (exact) mass is 302 g/mol. The van der Waals surface area contributed by atoms with Gasteiger partial charge in [-0.05, 0) is 38.1 Å². The Kier molecular flexibility index (Phi) is 4.49. The van der Waals surface area contributed by atoms with Gasteiger partial charge in [0.2, 0.25) is 0 Å². The van der Waals surface area contributed by atoms with Gasteiger partial charge in [-0.15, -0.1) is 11.3 Å². The summed E-state index contributed by atoms with van der Waals surface area (Å²) in [6.07, 6.45) is 1.73. The number of anilines is 1. The van der Waals surface area contributed by atoms with Gasteiger partial charge < -0.3 is 10.4 Å². The smallest absolute Gasteiger partial charge is 0.331 e. The fourth-order valence-corrected chi connectivity index (χ4v) is 2.26. The molecule has 0 radical (unpaired) electrons. The van der Waals surface area contributed by atoms with Gasteiger partial charge in [0, 0.05) is 34.0 Å². The van der Waals surface area contributed by atoms with Crippen LogP contribution in [0.25, 0.3) is 10.6 Å². The van der Waals surface area contributed by atoms with Gasteiger partial charge >= 0.3 is 5.97 Å². The molecule has 0 aliphatic heterocycles. The Morgan fingerprint density at radius 3 is 2.33 bits per heavy atom. The first-order chi connectivity index (χ1) is 9.99. The van der Waals surface area contributed by atoms with Gasteiger partial charge in [0.1, 0.15) is 5.01 Å². The maximum Gasteiger partial charge on any atom is 0.331 e. The van der Waals surface area contributed by atoms with Gasteiger partial charge in [-0.1, -0.05) is 0 Å². The molecule has 2 aromatic rings. The number of carboxylic acid groups (broad SMARTS) is 1. The third kappa shape index (κ3) is 3.55. The number of hydrogen-bond acceptors (Lipinski definition) is 4. The lowest BCUT2D eigenvalue weighted by Gasteiger charge is -2.07. The SMILES string of the molecule is CC(C(=O)O)=C(C)C(=O)Nc1ccc(-c2nccs2)cc1. The first-order valence-corrected chi connectivity index (χ1v) is 7.09. The number of rotatable bonds is 4. The predicted octanol–water partition coefficient (Wildman–Crippen LogP) is 3.17. The summed E-state index contributed by atoms with van der Waals surface area (Å²) < 4.78 is 0. The zero-order valence-corrected chi connectivity index (χ0v) is 12.4. The summed E-state index contributed by atoms with van der Waals surface area (Å²) in [5.74, 6) is -1.52. The van der Waals surface area contributed by atoms with Crippen LogP contribution in [0, 0.1) is 0 Å². The van der Waals surface area contributed by atoms with Crippen LogP contribution in [-0.4, -0.2) is 22.0 Å². The van der Waals surface area contributed by atoms with Crippen molar-refractivity contribution >= 4 is 28.9 Å². The molecule has 1 aromatic carbocycles. The molecule has 108 valence electrons. The maximum absolute atomic E-state index is 11.9. The molecule has 0 saturated heterocycles. The van der Waals surface area contributed by atoms with Crippen molar-refractivity contribution in [1.82, 2.24) is 4.98 Å². The second kappa shape index (κ2) is 6.32. The quantitative estimate of drug-likeness (QED) is 0.850. The Morgan fingerprint density at radius 1 is 1.14 bits per heavy atom. The molecule has 0 fully saturated rings. The number of carbonyl (C=O) groups excluding carboxylic acids is 1. The van der Waals surface area contributed by atoms with E-state index in [0.29, 0.717) is 5.69 Å². The van der Waals surface area contributed by atoms with Crippen LogP contribution in [-0.2, 0) is 9.59 Å². The summed E-state index contributed by atoms with van der Waals surface area (Å²) in [7, 11) is 0. The fraction of sp³-hybridized carbons (Fsp3) is 0.133.